The predicted molar refractivity (Wildman–Crippen MR) is 105 cm³/mol. The van der Waals surface area contributed by atoms with Crippen LogP contribution < -0.4 is 5.32 Å². The van der Waals surface area contributed by atoms with Crippen LogP contribution in [0.5, 0.6) is 0 Å². The summed E-state index contributed by atoms with van der Waals surface area (Å²) in [6, 6.07) is 5.59. The molecule has 2 aliphatic heterocycles. The quantitative estimate of drug-likeness (QED) is 0.819. The summed E-state index contributed by atoms with van der Waals surface area (Å²) in [4.78, 5) is 15.5. The normalized spacial score (nSPS) is 18.8. The molecule has 1 saturated heterocycles. The van der Waals surface area contributed by atoms with Gasteiger partial charge in [0.15, 0.2) is 0 Å². The van der Waals surface area contributed by atoms with E-state index in [-0.39, 0.29) is 18.3 Å². The Bertz CT molecular complexity index is 788. The van der Waals surface area contributed by atoms with Crippen molar-refractivity contribution in [3.05, 3.63) is 51.8 Å². The number of nitrogens with one attached hydrogen (secondary N) is 1. The Morgan fingerprint density at radius 2 is 2.00 bits per heavy atom. The fourth-order valence-electron chi connectivity index (χ4n) is 3.95. The summed E-state index contributed by atoms with van der Waals surface area (Å²) in [5, 5.41) is 9.03. The van der Waals surface area contributed by atoms with Gasteiger partial charge < -0.3 is 10.2 Å². The van der Waals surface area contributed by atoms with Crippen molar-refractivity contribution in [2.75, 3.05) is 19.6 Å². The molecule has 4 rings (SSSR count). The van der Waals surface area contributed by atoms with Crippen molar-refractivity contribution in [1.29, 1.82) is 0 Å². The Morgan fingerprint density at radius 1 is 1.23 bits per heavy atom. The van der Waals surface area contributed by atoms with Crippen LogP contribution in [0, 0.1) is 0 Å². The molecule has 1 aromatic carbocycles. The van der Waals surface area contributed by atoms with Gasteiger partial charge in [-0.3, -0.25) is 9.48 Å². The third-order valence-electron chi connectivity index (χ3n) is 5.31. The maximum atomic E-state index is 13.5. The van der Waals surface area contributed by atoms with Crippen molar-refractivity contribution in [3.63, 3.8) is 0 Å². The van der Waals surface area contributed by atoms with E-state index >= 15 is 0 Å². The monoisotopic (exact) mass is 414 g/mol. The molecule has 0 saturated carbocycles. The molecule has 8 heteroatoms. The molecule has 0 spiro atoms. The van der Waals surface area contributed by atoms with E-state index in [0.717, 1.165) is 43.5 Å². The molecule has 140 valence electrons. The van der Waals surface area contributed by atoms with Gasteiger partial charge >= 0.3 is 0 Å². The molecule has 1 N–H and O–H groups in total. The first kappa shape index (κ1) is 19.5. The second-order valence-corrected chi connectivity index (χ2v) is 7.58. The molecule has 1 amide bonds. The lowest BCUT2D eigenvalue weighted by Crippen LogP contribution is -2.56. The van der Waals surface area contributed by atoms with Crippen molar-refractivity contribution in [3.8, 4) is 0 Å². The summed E-state index contributed by atoms with van der Waals surface area (Å²) in [5.74, 6) is 0.134. The van der Waals surface area contributed by atoms with Gasteiger partial charge in [-0.05, 0) is 61.7 Å². The molecule has 2 aromatic rings. The largest absolute Gasteiger partial charge is 0.336 e. The average Bonchev–Trinajstić information content (AvgIpc) is 3.16. The van der Waals surface area contributed by atoms with Gasteiger partial charge in [0.1, 0.15) is 5.54 Å². The number of aromatic nitrogens is 2. The van der Waals surface area contributed by atoms with E-state index < -0.39 is 5.54 Å². The summed E-state index contributed by atoms with van der Waals surface area (Å²) in [6.07, 6.45) is 5.89. The second kappa shape index (κ2) is 7.77. The molecule has 3 heterocycles. The number of amides is 1. The van der Waals surface area contributed by atoms with Crippen molar-refractivity contribution in [1.82, 2.24) is 20.0 Å². The van der Waals surface area contributed by atoms with Crippen LogP contribution >= 0.6 is 35.6 Å². The highest BCUT2D eigenvalue weighted by Crippen LogP contribution is 2.34. The van der Waals surface area contributed by atoms with E-state index in [1.165, 1.54) is 0 Å². The van der Waals surface area contributed by atoms with Crippen LogP contribution in [0.2, 0.25) is 10.0 Å². The lowest BCUT2D eigenvalue weighted by molar-refractivity contribution is -0.144. The molecule has 0 radical (unpaired) electrons. The summed E-state index contributed by atoms with van der Waals surface area (Å²) in [7, 11) is 0. The van der Waals surface area contributed by atoms with Crippen molar-refractivity contribution in [2.45, 2.75) is 31.3 Å². The highest BCUT2D eigenvalue weighted by atomic mass is 35.5. The lowest BCUT2D eigenvalue weighted by Gasteiger charge is -2.41. The van der Waals surface area contributed by atoms with Crippen LogP contribution in [0.15, 0.2) is 30.6 Å². The molecule has 1 aromatic heterocycles. The highest BCUT2D eigenvalue weighted by Gasteiger charge is 2.45. The predicted octanol–water partition coefficient (Wildman–Crippen LogP) is 3.28. The van der Waals surface area contributed by atoms with Gasteiger partial charge in [-0.1, -0.05) is 23.2 Å². The van der Waals surface area contributed by atoms with E-state index in [1.807, 2.05) is 27.9 Å². The molecule has 5 nitrogen and oxygen atoms in total. The van der Waals surface area contributed by atoms with E-state index in [9.17, 15) is 4.79 Å². The summed E-state index contributed by atoms with van der Waals surface area (Å²) in [6.45, 7) is 2.83. The first-order valence-electron chi connectivity index (χ1n) is 8.57. The Balaban J connectivity index is 0.00000196. The van der Waals surface area contributed by atoms with Crippen LogP contribution in [0.25, 0.3) is 0 Å². The van der Waals surface area contributed by atoms with Crippen LogP contribution in [0.1, 0.15) is 24.0 Å². The average molecular weight is 416 g/mol. The number of hydrogen-bond acceptors (Lipinski definition) is 3. The number of hydrogen-bond donors (Lipinski definition) is 1. The molecule has 26 heavy (non-hydrogen) atoms. The smallest absolute Gasteiger partial charge is 0.250 e. The number of piperidine rings is 1. The first-order chi connectivity index (χ1) is 12.1. The second-order valence-electron chi connectivity index (χ2n) is 6.73. The minimum atomic E-state index is -0.606. The van der Waals surface area contributed by atoms with Gasteiger partial charge in [0, 0.05) is 35.5 Å². The van der Waals surface area contributed by atoms with Crippen LogP contribution in [0.4, 0.5) is 0 Å². The van der Waals surface area contributed by atoms with Crippen LogP contribution in [-0.2, 0) is 23.3 Å². The van der Waals surface area contributed by atoms with Gasteiger partial charge in [0.05, 0.1) is 0 Å². The lowest BCUT2D eigenvalue weighted by atomic mass is 9.85. The third-order valence-corrected chi connectivity index (χ3v) is 5.87. The number of carbonyl (C=O) groups is 1. The topological polar surface area (TPSA) is 50.2 Å². The van der Waals surface area contributed by atoms with Crippen LogP contribution in [0.3, 0.4) is 0 Å². The fraction of sp³-hybridized carbons (Fsp3) is 0.444. The molecule has 0 unspecified atom stereocenters. The van der Waals surface area contributed by atoms with Gasteiger partial charge in [0.2, 0.25) is 0 Å². The zero-order valence-corrected chi connectivity index (χ0v) is 16.6. The van der Waals surface area contributed by atoms with E-state index in [4.69, 9.17) is 23.2 Å². The third kappa shape index (κ3) is 3.33. The number of benzene rings is 1. The minimum Gasteiger partial charge on any atom is -0.336 e. The highest BCUT2D eigenvalue weighted by molar-refractivity contribution is 6.35. The van der Waals surface area contributed by atoms with E-state index in [2.05, 4.69) is 10.4 Å². The maximum absolute atomic E-state index is 13.5. The Kier molecular flexibility index (Phi) is 5.82. The molecule has 2 aliphatic rings. The van der Waals surface area contributed by atoms with Crippen molar-refractivity contribution < 1.29 is 4.79 Å². The molecule has 0 bridgehead atoms. The Morgan fingerprint density at radius 3 is 2.69 bits per heavy atom. The summed E-state index contributed by atoms with van der Waals surface area (Å²) in [5.41, 5.74) is 1.54. The SMILES string of the molecule is Cl.O=C(N1CCc2cc(Cl)cc(Cl)c2C1)C1(n2cccn2)CCNCC1. The van der Waals surface area contributed by atoms with Gasteiger partial charge in [-0.25, -0.2) is 0 Å². The van der Waals surface area contributed by atoms with E-state index in [1.54, 1.807) is 12.3 Å². The maximum Gasteiger partial charge on any atom is 0.250 e. The number of carbonyl (C=O) groups excluding carboxylic acids is 1. The minimum absolute atomic E-state index is 0. The van der Waals surface area contributed by atoms with Crippen molar-refractivity contribution >= 4 is 41.5 Å². The molecule has 1 fully saturated rings. The van der Waals surface area contributed by atoms with Gasteiger partial charge in [-0.15, -0.1) is 12.4 Å². The molecular formula is C18H21Cl3N4O. The van der Waals surface area contributed by atoms with Gasteiger partial charge in [-0.2, -0.15) is 5.10 Å². The van der Waals surface area contributed by atoms with Crippen LogP contribution in [-0.4, -0.2) is 40.2 Å². The molecular weight excluding hydrogens is 395 g/mol. The summed E-state index contributed by atoms with van der Waals surface area (Å²) < 4.78 is 1.84. The fourth-order valence-corrected chi connectivity index (χ4v) is 4.55. The number of halogens is 3. The zero-order valence-electron chi connectivity index (χ0n) is 14.3. The number of rotatable bonds is 2. The van der Waals surface area contributed by atoms with Crippen molar-refractivity contribution in [2.24, 2.45) is 0 Å². The standard InChI is InChI=1S/C18H20Cl2N4O.ClH/c19-14-10-13-2-9-23(12-15(13)16(20)11-14)17(25)18(3-6-21-7-4-18)24-8-1-5-22-24;/h1,5,8,10-11,21H,2-4,6-7,9,12H2;1H. The molecule has 0 atom stereocenters. The number of fused-ring (bicyclic) bond motifs is 1. The zero-order chi connectivity index (χ0) is 17.4. The summed E-state index contributed by atoms with van der Waals surface area (Å²) >= 11 is 12.5. The molecule has 0 aliphatic carbocycles. The first-order valence-corrected chi connectivity index (χ1v) is 9.33. The Labute approximate surface area is 169 Å². The van der Waals surface area contributed by atoms with E-state index in [0.29, 0.717) is 23.1 Å². The van der Waals surface area contributed by atoms with Gasteiger partial charge in [0.25, 0.3) is 5.91 Å². The number of nitrogens with zero attached hydrogens (tertiary/aromatic N) is 3. The Hall–Kier alpha value is -1.27.